The van der Waals surface area contributed by atoms with Crippen LogP contribution in [-0.2, 0) is 0 Å². The summed E-state index contributed by atoms with van der Waals surface area (Å²) >= 11 is 0. The van der Waals surface area contributed by atoms with Crippen LogP contribution in [0.4, 0.5) is 0 Å². The van der Waals surface area contributed by atoms with Crippen LogP contribution < -0.4 is 0 Å². The van der Waals surface area contributed by atoms with Gasteiger partial charge in [-0.05, 0) is 113 Å². The molecule has 0 aliphatic rings. The third-order valence-electron chi connectivity index (χ3n) is 19.6. The molecule has 8 heterocycles. The van der Waals surface area contributed by atoms with E-state index >= 15 is 0 Å². The Labute approximate surface area is 622 Å². The number of para-hydroxylation sites is 2. The molecule has 0 spiro atoms. The number of benzene rings is 12. The van der Waals surface area contributed by atoms with Crippen LogP contribution in [-0.4, -0.2) is 54.8 Å². The second-order valence-corrected chi connectivity index (χ2v) is 26.6. The third-order valence-corrected chi connectivity index (χ3v) is 19.6. The molecule has 0 unspecified atom stereocenters. The van der Waals surface area contributed by atoms with Gasteiger partial charge in [-0.3, -0.25) is 9.97 Å². The van der Waals surface area contributed by atoms with Crippen molar-refractivity contribution in [3.8, 4) is 135 Å². The molecule has 20 aromatic rings. The van der Waals surface area contributed by atoms with Gasteiger partial charge in [0.2, 0.25) is 0 Å². The van der Waals surface area contributed by atoms with Crippen LogP contribution in [0.15, 0.2) is 370 Å². The number of fused-ring (bicyclic) bond motifs is 6. The van der Waals surface area contributed by atoms with Gasteiger partial charge < -0.3 is 0 Å². The molecule has 20 rings (SSSR count). The number of rotatable bonds is 12. The predicted molar refractivity (Wildman–Crippen MR) is 439 cm³/mol. The van der Waals surface area contributed by atoms with E-state index in [4.69, 9.17) is 44.9 Å². The maximum atomic E-state index is 5.11. The topological polar surface area (TPSA) is 142 Å². The largest absolute Gasteiger partial charge is 0.256 e. The Morgan fingerprint density at radius 3 is 0.963 bits per heavy atom. The fourth-order valence-corrected chi connectivity index (χ4v) is 14.1. The first kappa shape index (κ1) is 64.1. The van der Waals surface area contributed by atoms with E-state index in [0.29, 0.717) is 23.3 Å². The average Bonchev–Trinajstić information content (AvgIpc) is 0.787. The minimum Gasteiger partial charge on any atom is -0.256 e. The quantitative estimate of drug-likeness (QED) is 0.115. The van der Waals surface area contributed by atoms with Crippen molar-refractivity contribution in [2.75, 3.05) is 0 Å². The zero-order valence-corrected chi connectivity index (χ0v) is 58.1. The predicted octanol–water partition coefficient (Wildman–Crippen LogP) is 23.6. The Hall–Kier alpha value is -14.8. The number of nitrogens with zero attached hydrogens (tertiary/aromatic N) is 11. The minimum absolute atomic E-state index is 0.612. The van der Waals surface area contributed by atoms with Gasteiger partial charge in [0.05, 0.1) is 67.3 Å². The molecule has 0 bridgehead atoms. The highest BCUT2D eigenvalue weighted by molar-refractivity contribution is 5.98. The smallest absolute Gasteiger partial charge is 0.164 e. The maximum absolute atomic E-state index is 5.11. The normalized spacial score (nSPS) is 11.3. The van der Waals surface area contributed by atoms with Crippen LogP contribution in [0.1, 0.15) is 0 Å². The summed E-state index contributed by atoms with van der Waals surface area (Å²) in [5.74, 6) is 2.57. The van der Waals surface area contributed by atoms with Gasteiger partial charge in [-0.2, -0.15) is 0 Å². The van der Waals surface area contributed by atoms with Crippen molar-refractivity contribution < 1.29 is 0 Å². The lowest BCUT2D eigenvalue weighted by Gasteiger charge is -2.11. The van der Waals surface area contributed by atoms with E-state index in [1.807, 2.05) is 146 Å². The molecule has 12 aromatic carbocycles. The molecule has 0 aliphatic heterocycles. The molecule has 0 fully saturated rings. The molecule has 0 amide bonds. The monoisotopic (exact) mass is 1380 g/mol. The van der Waals surface area contributed by atoms with Crippen molar-refractivity contribution in [3.05, 3.63) is 370 Å². The first-order valence-corrected chi connectivity index (χ1v) is 35.8. The van der Waals surface area contributed by atoms with E-state index in [-0.39, 0.29) is 0 Å². The fraction of sp³-hybridized carbons (Fsp3) is 0. The first-order chi connectivity index (χ1) is 53.4. The second-order valence-electron chi connectivity index (χ2n) is 26.6. The lowest BCUT2D eigenvalue weighted by atomic mass is 10.00. The SMILES string of the molecule is c1ccc(-c2cc(-c3cccc(-c4ccc5cc(-c6ccc7ccc(-c8cccc9cccnc89)nc7c6)ccc5n4)c3)nc(-c3ccccc3)n2)cc1.c1ccc(-c2nc(-c3ccccc3)nc(-c3cccc(-c4ccc5cc(-c6ccc7ccc(-c8cccc9cccnc89)nc7c6)ccc5n4)c3)n2)cc1. The molecule has 0 N–H and O–H groups in total. The summed E-state index contributed by atoms with van der Waals surface area (Å²) < 4.78 is 0. The molecule has 0 saturated carbocycles. The second kappa shape index (κ2) is 28.1. The van der Waals surface area contributed by atoms with Crippen molar-refractivity contribution >= 4 is 65.4 Å². The molecular formula is C97H61N11. The highest BCUT2D eigenvalue weighted by atomic mass is 15.0. The van der Waals surface area contributed by atoms with Crippen LogP contribution in [0.25, 0.3) is 201 Å². The van der Waals surface area contributed by atoms with Crippen LogP contribution in [0.5, 0.6) is 0 Å². The Kier molecular flexibility index (Phi) is 16.7. The van der Waals surface area contributed by atoms with Crippen LogP contribution in [0.3, 0.4) is 0 Å². The van der Waals surface area contributed by atoms with Gasteiger partial charge in [-0.1, -0.05) is 267 Å². The maximum Gasteiger partial charge on any atom is 0.164 e. The Balaban J connectivity index is 0.000000147. The average molecular weight is 1380 g/mol. The van der Waals surface area contributed by atoms with Gasteiger partial charge in [0, 0.05) is 100 Å². The van der Waals surface area contributed by atoms with E-state index in [9.17, 15) is 0 Å². The molecule has 504 valence electrons. The molecular weight excluding hydrogens is 1320 g/mol. The molecule has 11 nitrogen and oxygen atoms in total. The van der Waals surface area contributed by atoms with Gasteiger partial charge in [0.25, 0.3) is 0 Å². The minimum atomic E-state index is 0.612. The molecule has 0 radical (unpaired) electrons. The van der Waals surface area contributed by atoms with Crippen molar-refractivity contribution in [1.29, 1.82) is 0 Å². The number of pyridine rings is 6. The lowest BCUT2D eigenvalue weighted by Crippen LogP contribution is -2.00. The van der Waals surface area contributed by atoms with E-state index in [1.165, 1.54) is 0 Å². The van der Waals surface area contributed by atoms with Crippen LogP contribution in [0, 0.1) is 0 Å². The van der Waals surface area contributed by atoms with E-state index in [0.717, 1.165) is 177 Å². The van der Waals surface area contributed by atoms with Gasteiger partial charge in [0.1, 0.15) is 0 Å². The van der Waals surface area contributed by atoms with Gasteiger partial charge in [-0.15, -0.1) is 0 Å². The summed E-state index contributed by atoms with van der Waals surface area (Å²) in [6.45, 7) is 0. The molecule has 11 heteroatoms. The van der Waals surface area contributed by atoms with Crippen molar-refractivity contribution in [1.82, 2.24) is 54.8 Å². The van der Waals surface area contributed by atoms with Crippen molar-refractivity contribution in [2.24, 2.45) is 0 Å². The molecule has 108 heavy (non-hydrogen) atoms. The van der Waals surface area contributed by atoms with Gasteiger partial charge in [-0.25, -0.2) is 44.9 Å². The number of hydrogen-bond acceptors (Lipinski definition) is 11. The van der Waals surface area contributed by atoms with E-state index in [2.05, 4.69) is 234 Å². The number of aromatic nitrogens is 11. The summed E-state index contributed by atoms with van der Waals surface area (Å²) in [6, 6.07) is 123. The summed E-state index contributed by atoms with van der Waals surface area (Å²) in [6.07, 6.45) is 3.67. The van der Waals surface area contributed by atoms with E-state index in [1.54, 1.807) is 0 Å². The fourth-order valence-electron chi connectivity index (χ4n) is 14.1. The standard InChI is InChI=1S/C49H31N5.C48H30N6/c1-3-10-32(11-4-1)46-31-47(54-49(53-46)35-12-5-2-6-13-35)39-16-7-15-38(29-39)42-25-23-40-28-36(22-24-43(40)51-42)37-20-19-33-21-26-44(52-45(33)30-37)41-18-8-14-34-17-9-27-50-48(34)41;1-3-10-33(11-4-1)46-52-47(34-12-5-2-6-13-34)54-48(53-46)39-16-7-15-37(29-39)41-25-23-38-28-35(22-24-42(38)50-41)36-20-19-31-21-26-43(51-44(31)30-36)40-18-8-14-32-17-9-27-49-45(32)40/h1-31H;1-30H. The zero-order chi connectivity index (χ0) is 71.7. The molecule has 8 aromatic heterocycles. The summed E-state index contributed by atoms with van der Waals surface area (Å²) in [7, 11) is 0. The van der Waals surface area contributed by atoms with E-state index < -0.39 is 0 Å². The zero-order valence-electron chi connectivity index (χ0n) is 58.1. The summed E-state index contributed by atoms with van der Waals surface area (Å²) in [5.41, 5.74) is 25.3. The van der Waals surface area contributed by atoms with Crippen molar-refractivity contribution in [2.45, 2.75) is 0 Å². The van der Waals surface area contributed by atoms with Gasteiger partial charge in [0.15, 0.2) is 23.3 Å². The molecule has 0 atom stereocenters. The Morgan fingerprint density at radius 1 is 0.148 bits per heavy atom. The van der Waals surface area contributed by atoms with Gasteiger partial charge >= 0.3 is 0 Å². The Bertz CT molecular complexity index is 6280. The Morgan fingerprint density at radius 2 is 0.481 bits per heavy atom. The highest BCUT2D eigenvalue weighted by Crippen LogP contribution is 2.37. The van der Waals surface area contributed by atoms with Crippen LogP contribution >= 0.6 is 0 Å². The van der Waals surface area contributed by atoms with Crippen LogP contribution in [0.2, 0.25) is 0 Å². The third kappa shape index (κ3) is 13.0. The lowest BCUT2D eigenvalue weighted by molar-refractivity contribution is 1.07. The molecule has 0 aliphatic carbocycles. The highest BCUT2D eigenvalue weighted by Gasteiger charge is 2.18. The summed E-state index contributed by atoms with van der Waals surface area (Å²) in [4.78, 5) is 54.4. The summed E-state index contributed by atoms with van der Waals surface area (Å²) in [5, 5.41) is 6.53. The first-order valence-electron chi connectivity index (χ1n) is 35.8. The number of hydrogen-bond donors (Lipinski definition) is 0. The van der Waals surface area contributed by atoms with Crippen molar-refractivity contribution in [3.63, 3.8) is 0 Å². The molecule has 0 saturated heterocycles.